The molecule has 0 saturated carbocycles. The Morgan fingerprint density at radius 1 is 1.42 bits per heavy atom. The predicted molar refractivity (Wildman–Crippen MR) is 46.6 cm³/mol. The lowest BCUT2D eigenvalue weighted by molar-refractivity contribution is 0.183. The van der Waals surface area contributed by atoms with E-state index < -0.39 is 0 Å². The normalized spacial score (nSPS) is 10.4. The number of hydrogen-bond acceptors (Lipinski definition) is 3. The summed E-state index contributed by atoms with van der Waals surface area (Å²) in [6.45, 7) is 0. The summed E-state index contributed by atoms with van der Waals surface area (Å²) in [6.07, 6.45) is 0. The summed E-state index contributed by atoms with van der Waals surface area (Å²) in [5.41, 5.74) is 7.32. The molecule has 0 atom stereocenters. The molecule has 0 unspecified atom stereocenters. The number of anilines is 1. The number of nitrogens with zero attached hydrogens (tertiary/aromatic N) is 2. The van der Waals surface area contributed by atoms with E-state index in [1.54, 1.807) is 7.11 Å². The lowest BCUT2D eigenvalue weighted by Gasteiger charge is -2.01. The van der Waals surface area contributed by atoms with Crippen LogP contribution in [0.2, 0.25) is 0 Å². The van der Waals surface area contributed by atoms with E-state index in [1.165, 1.54) is 4.73 Å². The quantitative estimate of drug-likeness (QED) is 0.672. The van der Waals surface area contributed by atoms with E-state index in [2.05, 4.69) is 4.98 Å². The van der Waals surface area contributed by atoms with Crippen molar-refractivity contribution in [3.8, 4) is 0 Å². The molecule has 0 fully saturated rings. The lowest BCUT2D eigenvalue weighted by atomic mass is 10.3. The number of hydrogen-bond donors (Lipinski definition) is 1. The van der Waals surface area contributed by atoms with Gasteiger partial charge in [0.05, 0.1) is 5.52 Å². The summed E-state index contributed by atoms with van der Waals surface area (Å²) in [4.78, 5) is 9.13. The summed E-state index contributed by atoms with van der Waals surface area (Å²) in [5, 5.41) is 0. The van der Waals surface area contributed by atoms with E-state index in [1.807, 2.05) is 24.3 Å². The second-order valence-electron chi connectivity index (χ2n) is 2.44. The van der Waals surface area contributed by atoms with Gasteiger partial charge in [0.25, 0.3) is 0 Å². The van der Waals surface area contributed by atoms with Gasteiger partial charge in [-0.2, -0.15) is 0 Å². The van der Waals surface area contributed by atoms with Crippen molar-refractivity contribution in [2.24, 2.45) is 0 Å². The Balaban J connectivity index is 2.81. The Hall–Kier alpha value is -1.71. The Kier molecular flexibility index (Phi) is 1.40. The van der Waals surface area contributed by atoms with Gasteiger partial charge in [-0.25, -0.2) is 4.98 Å². The summed E-state index contributed by atoms with van der Waals surface area (Å²) < 4.78 is 1.50. The number of rotatable bonds is 1. The Morgan fingerprint density at radius 3 is 2.92 bits per heavy atom. The van der Waals surface area contributed by atoms with E-state index in [0.717, 1.165) is 11.0 Å². The maximum atomic E-state index is 5.59. The summed E-state index contributed by atoms with van der Waals surface area (Å²) in [5.74, 6) is 0.374. The van der Waals surface area contributed by atoms with E-state index in [9.17, 15) is 0 Å². The third kappa shape index (κ3) is 0.812. The van der Waals surface area contributed by atoms with Crippen molar-refractivity contribution in [3.05, 3.63) is 24.3 Å². The van der Waals surface area contributed by atoms with E-state index in [-0.39, 0.29) is 0 Å². The van der Waals surface area contributed by atoms with Crippen molar-refractivity contribution < 1.29 is 4.84 Å². The predicted octanol–water partition coefficient (Wildman–Crippen LogP) is 0.677. The molecule has 2 N–H and O–H groups in total. The molecule has 0 spiro atoms. The van der Waals surface area contributed by atoms with Gasteiger partial charge in [0.1, 0.15) is 12.6 Å². The van der Waals surface area contributed by atoms with Gasteiger partial charge in [-0.3, -0.25) is 0 Å². The van der Waals surface area contributed by atoms with Crippen LogP contribution in [0.3, 0.4) is 0 Å². The second kappa shape index (κ2) is 2.41. The first kappa shape index (κ1) is 6.97. The first-order chi connectivity index (χ1) is 5.83. The van der Waals surface area contributed by atoms with Crippen LogP contribution >= 0.6 is 0 Å². The number of benzene rings is 1. The molecule has 4 nitrogen and oxygen atoms in total. The van der Waals surface area contributed by atoms with Gasteiger partial charge in [-0.1, -0.05) is 12.1 Å². The monoisotopic (exact) mass is 163 g/mol. The molecule has 0 amide bonds. The van der Waals surface area contributed by atoms with Crippen molar-refractivity contribution in [2.45, 2.75) is 0 Å². The first-order valence-corrected chi connectivity index (χ1v) is 3.60. The maximum Gasteiger partial charge on any atom is 0.235 e. The highest BCUT2D eigenvalue weighted by atomic mass is 16.6. The van der Waals surface area contributed by atoms with Gasteiger partial charge < -0.3 is 10.6 Å². The number of aromatic nitrogens is 2. The molecule has 0 saturated heterocycles. The molecule has 0 radical (unpaired) electrons. The van der Waals surface area contributed by atoms with Crippen molar-refractivity contribution in [1.29, 1.82) is 0 Å². The van der Waals surface area contributed by atoms with Crippen molar-refractivity contribution in [2.75, 3.05) is 12.8 Å². The number of para-hydroxylation sites is 2. The SMILES string of the molecule is COn1c(N)nc2ccccc21. The van der Waals surface area contributed by atoms with Crippen LogP contribution in [-0.4, -0.2) is 16.8 Å². The zero-order chi connectivity index (χ0) is 8.55. The molecule has 62 valence electrons. The number of fused-ring (bicyclic) bond motifs is 1. The molecule has 1 aromatic heterocycles. The lowest BCUT2D eigenvalue weighted by Crippen LogP contribution is -2.08. The van der Waals surface area contributed by atoms with Crippen LogP contribution < -0.4 is 10.6 Å². The molecule has 2 rings (SSSR count). The summed E-state index contributed by atoms with van der Waals surface area (Å²) in [6, 6.07) is 7.62. The van der Waals surface area contributed by atoms with Crippen molar-refractivity contribution >= 4 is 17.0 Å². The van der Waals surface area contributed by atoms with E-state index >= 15 is 0 Å². The fourth-order valence-electron chi connectivity index (χ4n) is 1.21. The third-order valence-electron chi connectivity index (χ3n) is 1.73. The molecule has 4 heteroatoms. The van der Waals surface area contributed by atoms with Gasteiger partial charge in [0.2, 0.25) is 5.95 Å². The highest BCUT2D eigenvalue weighted by Gasteiger charge is 2.05. The van der Waals surface area contributed by atoms with Crippen molar-refractivity contribution in [3.63, 3.8) is 0 Å². The van der Waals surface area contributed by atoms with Gasteiger partial charge in [0.15, 0.2) is 0 Å². The molecular formula is C8H9N3O. The zero-order valence-electron chi connectivity index (χ0n) is 6.69. The molecular weight excluding hydrogens is 154 g/mol. The average molecular weight is 163 g/mol. The molecule has 0 aliphatic carbocycles. The zero-order valence-corrected chi connectivity index (χ0v) is 6.69. The minimum absolute atomic E-state index is 0.374. The van der Waals surface area contributed by atoms with E-state index in [0.29, 0.717) is 5.95 Å². The Morgan fingerprint density at radius 2 is 2.17 bits per heavy atom. The summed E-state index contributed by atoms with van der Waals surface area (Å²) >= 11 is 0. The van der Waals surface area contributed by atoms with Crippen LogP contribution in [0, 0.1) is 0 Å². The van der Waals surface area contributed by atoms with Gasteiger partial charge >= 0.3 is 0 Å². The smallest absolute Gasteiger partial charge is 0.235 e. The van der Waals surface area contributed by atoms with Gasteiger partial charge in [0, 0.05) is 0 Å². The third-order valence-corrected chi connectivity index (χ3v) is 1.73. The average Bonchev–Trinajstić information content (AvgIpc) is 2.40. The molecule has 0 bridgehead atoms. The second-order valence-corrected chi connectivity index (χ2v) is 2.44. The number of imidazole rings is 1. The highest BCUT2D eigenvalue weighted by Crippen LogP contribution is 2.14. The Labute approximate surface area is 69.5 Å². The summed E-state index contributed by atoms with van der Waals surface area (Å²) in [7, 11) is 1.56. The Bertz CT molecular complexity index is 408. The molecule has 0 aliphatic heterocycles. The highest BCUT2D eigenvalue weighted by molar-refractivity contribution is 5.77. The van der Waals surface area contributed by atoms with Crippen LogP contribution in [-0.2, 0) is 0 Å². The van der Waals surface area contributed by atoms with Gasteiger partial charge in [-0.15, -0.1) is 4.73 Å². The maximum absolute atomic E-state index is 5.59. The number of nitrogens with two attached hydrogens (primary N) is 1. The van der Waals surface area contributed by atoms with Crippen molar-refractivity contribution in [1.82, 2.24) is 9.71 Å². The molecule has 1 aromatic carbocycles. The minimum Gasteiger partial charge on any atom is -0.414 e. The standard InChI is InChI=1S/C8H9N3O/c1-12-11-7-5-3-2-4-6(7)10-8(11)9/h2-5H,1H3,(H2,9,10). The van der Waals surface area contributed by atoms with Crippen LogP contribution in [0.5, 0.6) is 0 Å². The topological polar surface area (TPSA) is 53.1 Å². The molecule has 2 aromatic rings. The number of nitrogen functional groups attached to an aromatic ring is 1. The van der Waals surface area contributed by atoms with Crippen LogP contribution in [0.15, 0.2) is 24.3 Å². The van der Waals surface area contributed by atoms with Crippen LogP contribution in [0.4, 0.5) is 5.95 Å². The molecule has 12 heavy (non-hydrogen) atoms. The minimum atomic E-state index is 0.374. The van der Waals surface area contributed by atoms with Crippen LogP contribution in [0.1, 0.15) is 0 Å². The van der Waals surface area contributed by atoms with E-state index in [4.69, 9.17) is 10.6 Å². The molecule has 1 heterocycles. The largest absolute Gasteiger partial charge is 0.414 e. The molecule has 0 aliphatic rings. The van der Waals surface area contributed by atoms with Crippen LogP contribution in [0.25, 0.3) is 11.0 Å². The fraction of sp³-hybridized carbons (Fsp3) is 0.125. The van der Waals surface area contributed by atoms with Gasteiger partial charge in [-0.05, 0) is 12.1 Å². The first-order valence-electron chi connectivity index (χ1n) is 3.60. The fourth-order valence-corrected chi connectivity index (χ4v) is 1.21.